The molecule has 0 N–H and O–H groups in total. The first-order valence-electron chi connectivity index (χ1n) is 17.1. The van der Waals surface area contributed by atoms with Crippen LogP contribution in [0.2, 0.25) is 18.3 Å². The van der Waals surface area contributed by atoms with Gasteiger partial charge in [0.1, 0.15) is 0 Å². The van der Waals surface area contributed by atoms with Crippen molar-refractivity contribution in [1.82, 2.24) is 5.16 Å². The number of benzene rings is 3. The average Bonchev–Trinajstić information content (AvgIpc) is 3.55. The number of hydrogen-bond acceptors (Lipinski definition) is 3. The summed E-state index contributed by atoms with van der Waals surface area (Å²) in [4.78, 5) is 0. The van der Waals surface area contributed by atoms with Crippen LogP contribution in [0.15, 0.2) is 95.5 Å². The third-order valence-corrected chi connectivity index (χ3v) is 29.4. The van der Waals surface area contributed by atoms with Crippen molar-refractivity contribution < 1.29 is 8.95 Å². The fourth-order valence-electron chi connectivity index (χ4n) is 6.88. The van der Waals surface area contributed by atoms with Gasteiger partial charge in [-0.05, 0) is 0 Å². The van der Waals surface area contributed by atoms with E-state index in [-0.39, 0.29) is 5.04 Å². The molecule has 236 valence electrons. The summed E-state index contributed by atoms with van der Waals surface area (Å²) in [5.41, 5.74) is 3.44. The van der Waals surface area contributed by atoms with Crippen LogP contribution >= 0.6 is 0 Å². The molecule has 0 amide bonds. The first-order valence-corrected chi connectivity index (χ1v) is 26.5. The van der Waals surface area contributed by atoms with Crippen molar-refractivity contribution in [2.45, 2.75) is 105 Å². The van der Waals surface area contributed by atoms with E-state index in [4.69, 9.17) is 8.95 Å². The number of unbranched alkanes of at least 4 members (excludes halogenated alkanes) is 3. The predicted molar refractivity (Wildman–Crippen MR) is 194 cm³/mol. The Hall–Kier alpha value is -2.15. The zero-order valence-corrected chi connectivity index (χ0v) is 32.1. The van der Waals surface area contributed by atoms with E-state index in [0.29, 0.717) is 6.61 Å². The molecule has 0 aliphatic carbocycles. The predicted octanol–water partition coefficient (Wildman–Crippen LogP) is 9.52. The van der Waals surface area contributed by atoms with E-state index in [1.165, 1.54) is 71.5 Å². The van der Waals surface area contributed by atoms with E-state index in [0.717, 1.165) is 17.7 Å². The molecule has 5 heteroatoms. The van der Waals surface area contributed by atoms with Gasteiger partial charge in [-0.15, -0.1) is 0 Å². The summed E-state index contributed by atoms with van der Waals surface area (Å²) >= 11 is -2.63. The Bertz CT molecular complexity index is 1320. The Kier molecular flexibility index (Phi) is 13.0. The molecule has 44 heavy (non-hydrogen) atoms. The van der Waals surface area contributed by atoms with Gasteiger partial charge in [0.2, 0.25) is 0 Å². The first kappa shape index (κ1) is 34.7. The van der Waals surface area contributed by atoms with Gasteiger partial charge < -0.3 is 0 Å². The normalized spacial score (nSPS) is 12.5. The molecule has 4 aromatic rings. The van der Waals surface area contributed by atoms with Crippen LogP contribution in [0.4, 0.5) is 0 Å². The van der Waals surface area contributed by atoms with Crippen molar-refractivity contribution in [3.05, 3.63) is 96.6 Å². The minimum atomic E-state index is -2.63. The molecule has 0 saturated heterocycles. The zero-order chi connectivity index (χ0) is 31.5. The summed E-state index contributed by atoms with van der Waals surface area (Å²) in [6.45, 7) is 14.7. The SMILES string of the molecule is CCC[CH2][Sn]([CH2]CCC)([CH2]CCC)[c]1cc(-c2ccc(CCO[Si](c3ccccc3)(c3ccccc3)C(C)(C)C)cc2)no1. The fourth-order valence-corrected chi connectivity index (χ4v) is 26.5. The van der Waals surface area contributed by atoms with E-state index in [1.807, 2.05) is 0 Å². The molecule has 0 saturated carbocycles. The molecule has 3 nitrogen and oxygen atoms in total. The van der Waals surface area contributed by atoms with Crippen molar-refractivity contribution in [3.8, 4) is 11.3 Å². The summed E-state index contributed by atoms with van der Waals surface area (Å²) in [5.74, 6) is 0. The number of rotatable bonds is 17. The Morgan fingerprint density at radius 2 is 1.20 bits per heavy atom. The Balaban J connectivity index is 1.52. The molecule has 4 rings (SSSR count). The molecule has 0 fully saturated rings. The van der Waals surface area contributed by atoms with Crippen LogP contribution in [-0.4, -0.2) is 38.5 Å². The van der Waals surface area contributed by atoms with Crippen LogP contribution in [0, 0.1) is 0 Å². The maximum absolute atomic E-state index is 7.14. The van der Waals surface area contributed by atoms with Gasteiger partial charge in [0.25, 0.3) is 0 Å². The van der Waals surface area contributed by atoms with Gasteiger partial charge in [-0.3, -0.25) is 0 Å². The summed E-state index contributed by atoms with van der Waals surface area (Å²) in [6.07, 6.45) is 8.63. The Morgan fingerprint density at radius 3 is 1.66 bits per heavy atom. The van der Waals surface area contributed by atoms with Gasteiger partial charge in [0.15, 0.2) is 0 Å². The van der Waals surface area contributed by atoms with Gasteiger partial charge in [0.05, 0.1) is 0 Å². The van der Waals surface area contributed by atoms with Crippen LogP contribution in [0.25, 0.3) is 11.3 Å². The number of hydrogen-bond donors (Lipinski definition) is 0. The quantitative estimate of drug-likeness (QED) is 0.102. The maximum atomic E-state index is 7.14. The van der Waals surface area contributed by atoms with Gasteiger partial charge in [-0.2, -0.15) is 0 Å². The molecule has 1 aromatic heterocycles. The third kappa shape index (κ3) is 8.16. The number of nitrogens with zero attached hydrogens (tertiary/aromatic N) is 1. The third-order valence-electron chi connectivity index (χ3n) is 9.44. The van der Waals surface area contributed by atoms with Gasteiger partial charge in [0, 0.05) is 0 Å². The standard InChI is InChI=1S/C27H28NO2Si.3C4H9.Sn/c1-27(2,3)31(24-10-6-4-7-11-24,25-12-8-5-9-13-25)30-21-18-22-14-16-23(17-15-22)26-19-20-29-28-26;3*1-3-4-2;/h4-17,19H,18,21H2,1-3H3;3*1,3-4H2,2H3;. The summed E-state index contributed by atoms with van der Waals surface area (Å²) in [6, 6.07) is 33.1. The second kappa shape index (κ2) is 16.4. The van der Waals surface area contributed by atoms with Gasteiger partial charge >= 0.3 is 193 Å². The van der Waals surface area contributed by atoms with Crippen LogP contribution < -0.4 is 14.1 Å². The fraction of sp³-hybridized carbons (Fsp3) is 0.462. The molecule has 0 aliphatic heterocycles. The molecular formula is C39H55NO2SiSn. The first-order chi connectivity index (χ1) is 21.3. The second-order valence-corrected chi connectivity index (χ2v) is 30.9. The van der Waals surface area contributed by atoms with Crippen LogP contribution in [0.1, 0.15) is 85.6 Å². The Morgan fingerprint density at radius 1 is 0.705 bits per heavy atom. The molecular weight excluding hydrogens is 661 g/mol. The Labute approximate surface area is 272 Å². The molecule has 3 aromatic carbocycles. The molecule has 0 bridgehead atoms. The van der Waals surface area contributed by atoms with Crippen LogP contribution in [-0.2, 0) is 10.8 Å². The monoisotopic (exact) mass is 717 g/mol. The molecule has 0 radical (unpaired) electrons. The summed E-state index contributed by atoms with van der Waals surface area (Å²) in [7, 11) is -2.53. The van der Waals surface area contributed by atoms with Crippen molar-refractivity contribution in [3.63, 3.8) is 0 Å². The molecule has 0 aliphatic rings. The van der Waals surface area contributed by atoms with E-state index >= 15 is 0 Å². The topological polar surface area (TPSA) is 35.3 Å². The molecule has 1 heterocycles. The zero-order valence-electron chi connectivity index (χ0n) is 28.2. The summed E-state index contributed by atoms with van der Waals surface area (Å²) < 4.78 is 18.9. The van der Waals surface area contributed by atoms with Gasteiger partial charge in [-0.1, -0.05) is 81.4 Å². The molecule has 0 atom stereocenters. The van der Waals surface area contributed by atoms with E-state index in [2.05, 4.69) is 138 Å². The van der Waals surface area contributed by atoms with Crippen molar-refractivity contribution in [2.24, 2.45) is 0 Å². The van der Waals surface area contributed by atoms with E-state index < -0.39 is 26.7 Å². The van der Waals surface area contributed by atoms with E-state index in [9.17, 15) is 0 Å². The second-order valence-electron chi connectivity index (χ2n) is 13.6. The average molecular weight is 717 g/mol. The summed E-state index contributed by atoms with van der Waals surface area (Å²) in [5, 5.41) is 7.29. The number of aromatic nitrogens is 1. The minimum absolute atomic E-state index is 0.0180. The van der Waals surface area contributed by atoms with Crippen molar-refractivity contribution >= 4 is 40.8 Å². The van der Waals surface area contributed by atoms with Crippen molar-refractivity contribution in [1.29, 1.82) is 0 Å². The molecule has 0 unspecified atom stereocenters. The van der Waals surface area contributed by atoms with Crippen LogP contribution in [0.3, 0.4) is 0 Å². The molecule has 0 spiro atoms. The van der Waals surface area contributed by atoms with Crippen molar-refractivity contribution in [2.75, 3.05) is 6.61 Å². The van der Waals surface area contributed by atoms with E-state index in [1.54, 1.807) is 0 Å². The van der Waals surface area contributed by atoms with Crippen LogP contribution in [0.5, 0.6) is 0 Å². The van der Waals surface area contributed by atoms with Gasteiger partial charge in [-0.25, -0.2) is 0 Å².